The lowest BCUT2D eigenvalue weighted by Crippen LogP contribution is -2.25. The molecule has 27 heavy (non-hydrogen) atoms. The quantitative estimate of drug-likeness (QED) is 0.853. The van der Waals surface area contributed by atoms with Crippen molar-refractivity contribution < 1.29 is 32.5 Å². The number of hydrogen-bond acceptors (Lipinski definition) is 4. The van der Waals surface area contributed by atoms with Crippen LogP contribution in [0.3, 0.4) is 0 Å². The number of carbonyl (C=O) groups excluding carboxylic acids is 1. The van der Waals surface area contributed by atoms with E-state index in [0.29, 0.717) is 17.0 Å². The Morgan fingerprint density at radius 1 is 1.22 bits per heavy atom. The lowest BCUT2D eigenvalue weighted by molar-refractivity contribution is -0.138. The van der Waals surface area contributed by atoms with Crippen molar-refractivity contribution in [3.8, 4) is 5.75 Å². The van der Waals surface area contributed by atoms with E-state index in [1.165, 1.54) is 11.0 Å². The average Bonchev–Trinajstić information content (AvgIpc) is 3.01. The molecule has 1 atom stereocenters. The molecule has 3 rings (SSSR count). The molecule has 0 saturated carbocycles. The van der Waals surface area contributed by atoms with Gasteiger partial charge in [0.25, 0.3) is 0 Å². The van der Waals surface area contributed by atoms with Gasteiger partial charge in [0.2, 0.25) is 0 Å². The summed E-state index contributed by atoms with van der Waals surface area (Å²) in [4.78, 5) is 13.1. The van der Waals surface area contributed by atoms with Crippen molar-refractivity contribution >= 4 is 11.8 Å². The number of anilines is 1. The molecular formula is C19H18F3NO4. The number of cyclic esters (lactones) is 1. The molecule has 5 nitrogen and oxygen atoms in total. The second-order valence-electron chi connectivity index (χ2n) is 6.18. The van der Waals surface area contributed by atoms with E-state index in [-0.39, 0.29) is 25.3 Å². The predicted molar refractivity (Wildman–Crippen MR) is 91.7 cm³/mol. The van der Waals surface area contributed by atoms with Crippen molar-refractivity contribution in [2.75, 3.05) is 18.1 Å². The highest BCUT2D eigenvalue weighted by atomic mass is 19.4. The summed E-state index contributed by atoms with van der Waals surface area (Å²) in [5.74, 6) is 0.376. The van der Waals surface area contributed by atoms with Gasteiger partial charge in [0.1, 0.15) is 18.5 Å². The standard InChI is InChI=1S/C19H18F3NO4/c1-12-3-2-4-17(19(20,21)22)16(12)11-26-14-7-5-13(6-8-14)23-9-15(10-24)27-18(23)25/h2-8,15,24H,9-11H2,1H3. The Morgan fingerprint density at radius 3 is 2.52 bits per heavy atom. The minimum atomic E-state index is -4.45. The number of aliphatic hydroxyl groups excluding tert-OH is 1. The summed E-state index contributed by atoms with van der Waals surface area (Å²) < 4.78 is 50.0. The number of hydrogen-bond donors (Lipinski definition) is 1. The molecule has 1 saturated heterocycles. The SMILES string of the molecule is Cc1cccc(C(F)(F)F)c1COc1ccc(N2CC(CO)OC2=O)cc1. The molecule has 8 heteroatoms. The predicted octanol–water partition coefficient (Wildman–Crippen LogP) is 3.91. The molecule has 1 unspecified atom stereocenters. The van der Waals surface area contributed by atoms with E-state index in [1.807, 2.05) is 0 Å². The van der Waals surface area contributed by atoms with Crippen molar-refractivity contribution in [2.45, 2.75) is 25.8 Å². The number of nitrogens with zero attached hydrogens (tertiary/aromatic N) is 1. The van der Waals surface area contributed by atoms with Crippen LogP contribution in [0.2, 0.25) is 0 Å². The molecule has 0 aliphatic carbocycles. The lowest BCUT2D eigenvalue weighted by atomic mass is 10.0. The maximum absolute atomic E-state index is 13.2. The normalized spacial score (nSPS) is 17.1. The summed E-state index contributed by atoms with van der Waals surface area (Å²) in [7, 11) is 0. The molecule has 1 N–H and O–H groups in total. The summed E-state index contributed by atoms with van der Waals surface area (Å²) >= 11 is 0. The van der Waals surface area contributed by atoms with Gasteiger partial charge in [-0.3, -0.25) is 4.90 Å². The third-order valence-electron chi connectivity index (χ3n) is 4.32. The molecule has 1 aliphatic heterocycles. The van der Waals surface area contributed by atoms with Crippen LogP contribution in [-0.2, 0) is 17.5 Å². The monoisotopic (exact) mass is 381 g/mol. The molecule has 0 aromatic heterocycles. The number of aryl methyl sites for hydroxylation is 1. The molecule has 1 fully saturated rings. The minimum Gasteiger partial charge on any atom is -0.489 e. The van der Waals surface area contributed by atoms with E-state index in [2.05, 4.69) is 0 Å². The van der Waals surface area contributed by atoms with Gasteiger partial charge in [-0.1, -0.05) is 12.1 Å². The first-order valence-corrected chi connectivity index (χ1v) is 8.27. The first-order chi connectivity index (χ1) is 12.8. The van der Waals surface area contributed by atoms with Crippen molar-refractivity contribution in [1.82, 2.24) is 0 Å². The zero-order valence-electron chi connectivity index (χ0n) is 14.5. The molecule has 1 aliphatic rings. The van der Waals surface area contributed by atoms with Crippen LogP contribution in [-0.4, -0.2) is 30.5 Å². The number of ether oxygens (including phenoxy) is 2. The zero-order valence-corrected chi connectivity index (χ0v) is 14.5. The number of carbonyl (C=O) groups is 1. The average molecular weight is 381 g/mol. The Hall–Kier alpha value is -2.74. The molecule has 1 heterocycles. The summed E-state index contributed by atoms with van der Waals surface area (Å²) in [5.41, 5.74) is 0.420. The molecule has 1 amide bonds. The van der Waals surface area contributed by atoms with Crippen LogP contribution in [0.25, 0.3) is 0 Å². The van der Waals surface area contributed by atoms with E-state index >= 15 is 0 Å². The number of rotatable bonds is 5. The summed E-state index contributed by atoms with van der Waals surface area (Å²) in [6, 6.07) is 10.4. The fourth-order valence-electron chi connectivity index (χ4n) is 2.86. The van der Waals surface area contributed by atoms with Crippen molar-refractivity contribution in [1.29, 1.82) is 0 Å². The fraction of sp³-hybridized carbons (Fsp3) is 0.316. The molecular weight excluding hydrogens is 363 g/mol. The topological polar surface area (TPSA) is 59.0 Å². The fourth-order valence-corrected chi connectivity index (χ4v) is 2.86. The van der Waals surface area contributed by atoms with E-state index in [4.69, 9.17) is 14.6 Å². The Labute approximate surface area is 153 Å². The zero-order chi connectivity index (χ0) is 19.6. The van der Waals surface area contributed by atoms with E-state index in [9.17, 15) is 18.0 Å². The third-order valence-corrected chi connectivity index (χ3v) is 4.32. The molecule has 2 aromatic carbocycles. The minimum absolute atomic E-state index is 0.0861. The van der Waals surface area contributed by atoms with Gasteiger partial charge in [0.15, 0.2) is 0 Å². The van der Waals surface area contributed by atoms with Gasteiger partial charge in [0.05, 0.1) is 18.7 Å². The largest absolute Gasteiger partial charge is 0.489 e. The van der Waals surface area contributed by atoms with Gasteiger partial charge in [-0.05, 0) is 42.8 Å². The van der Waals surface area contributed by atoms with Gasteiger partial charge in [0, 0.05) is 11.3 Å². The number of benzene rings is 2. The highest BCUT2D eigenvalue weighted by Gasteiger charge is 2.34. The Bertz CT molecular complexity index is 821. The highest BCUT2D eigenvalue weighted by molar-refractivity contribution is 5.89. The Balaban J connectivity index is 1.71. The summed E-state index contributed by atoms with van der Waals surface area (Å²) in [6.07, 6.45) is -5.58. The van der Waals surface area contributed by atoms with E-state index < -0.39 is 23.9 Å². The summed E-state index contributed by atoms with van der Waals surface area (Å²) in [5, 5.41) is 9.07. The molecule has 0 radical (unpaired) electrons. The highest BCUT2D eigenvalue weighted by Crippen LogP contribution is 2.34. The number of alkyl halides is 3. The van der Waals surface area contributed by atoms with Crippen LogP contribution >= 0.6 is 0 Å². The van der Waals surface area contributed by atoms with Crippen molar-refractivity contribution in [3.05, 3.63) is 59.2 Å². The first-order valence-electron chi connectivity index (χ1n) is 8.27. The maximum Gasteiger partial charge on any atom is 0.416 e. The van der Waals surface area contributed by atoms with Crippen LogP contribution < -0.4 is 9.64 Å². The maximum atomic E-state index is 13.2. The van der Waals surface area contributed by atoms with Crippen molar-refractivity contribution in [3.63, 3.8) is 0 Å². The number of halogens is 3. The third kappa shape index (κ3) is 4.16. The van der Waals surface area contributed by atoms with E-state index in [1.54, 1.807) is 37.3 Å². The van der Waals surface area contributed by atoms with Gasteiger partial charge in [-0.2, -0.15) is 13.2 Å². The molecule has 0 bridgehead atoms. The van der Waals surface area contributed by atoms with Gasteiger partial charge in [-0.25, -0.2) is 4.79 Å². The number of amides is 1. The Kier molecular flexibility index (Phi) is 5.27. The summed E-state index contributed by atoms with van der Waals surface area (Å²) in [6.45, 7) is 1.35. The van der Waals surface area contributed by atoms with Gasteiger partial charge in [-0.15, -0.1) is 0 Å². The van der Waals surface area contributed by atoms with Crippen LogP contribution in [0.5, 0.6) is 5.75 Å². The second-order valence-corrected chi connectivity index (χ2v) is 6.18. The van der Waals surface area contributed by atoms with Crippen molar-refractivity contribution in [2.24, 2.45) is 0 Å². The second kappa shape index (κ2) is 7.48. The van der Waals surface area contributed by atoms with Crippen LogP contribution in [0, 0.1) is 6.92 Å². The van der Waals surface area contributed by atoms with Crippen LogP contribution in [0.1, 0.15) is 16.7 Å². The molecule has 144 valence electrons. The van der Waals surface area contributed by atoms with E-state index in [0.717, 1.165) is 6.07 Å². The van der Waals surface area contributed by atoms with Gasteiger partial charge < -0.3 is 14.6 Å². The molecule has 0 spiro atoms. The first kappa shape index (κ1) is 19.0. The number of aliphatic hydroxyl groups is 1. The molecule has 2 aromatic rings. The smallest absolute Gasteiger partial charge is 0.416 e. The van der Waals surface area contributed by atoms with Crippen LogP contribution in [0.4, 0.5) is 23.7 Å². The van der Waals surface area contributed by atoms with Gasteiger partial charge >= 0.3 is 12.3 Å². The Morgan fingerprint density at radius 2 is 1.93 bits per heavy atom. The van der Waals surface area contributed by atoms with Crippen LogP contribution in [0.15, 0.2) is 42.5 Å². The lowest BCUT2D eigenvalue weighted by Gasteiger charge is -2.17.